The Morgan fingerprint density at radius 3 is 2.41 bits per heavy atom. The van der Waals surface area contributed by atoms with Gasteiger partial charge in [-0.15, -0.1) is 0 Å². The van der Waals surface area contributed by atoms with Crippen LogP contribution in [-0.4, -0.2) is 6.54 Å². The Balaban J connectivity index is 1.77. The molecular weight excluding hydrogens is 206 g/mol. The Bertz CT molecular complexity index is 309. The second kappa shape index (κ2) is 6.68. The van der Waals surface area contributed by atoms with E-state index in [1.54, 1.807) is 0 Å². The summed E-state index contributed by atoms with van der Waals surface area (Å²) < 4.78 is 0. The summed E-state index contributed by atoms with van der Waals surface area (Å²) in [4.78, 5) is 0. The number of aryl methyl sites for hydroxylation is 1. The molecule has 2 rings (SSSR count). The summed E-state index contributed by atoms with van der Waals surface area (Å²) in [6.07, 6.45) is 9.57. The van der Waals surface area contributed by atoms with E-state index in [4.69, 9.17) is 0 Å². The van der Waals surface area contributed by atoms with Crippen molar-refractivity contribution < 1.29 is 0 Å². The molecule has 0 atom stereocenters. The minimum atomic E-state index is 0.902. The van der Waals surface area contributed by atoms with Gasteiger partial charge in [-0.2, -0.15) is 0 Å². The summed E-state index contributed by atoms with van der Waals surface area (Å²) in [7, 11) is 0. The van der Waals surface area contributed by atoms with Crippen LogP contribution < -0.4 is 5.32 Å². The predicted molar refractivity (Wildman–Crippen MR) is 75.5 cm³/mol. The molecule has 0 aromatic heterocycles. The second-order valence-electron chi connectivity index (χ2n) is 5.33. The Kier molecular flexibility index (Phi) is 4.90. The molecule has 0 spiro atoms. The molecule has 1 saturated carbocycles. The maximum atomic E-state index is 3.58. The lowest BCUT2D eigenvalue weighted by Gasteiger charge is -2.22. The smallest absolute Gasteiger partial charge is 0.0340 e. The molecule has 0 unspecified atom stereocenters. The van der Waals surface area contributed by atoms with Gasteiger partial charge < -0.3 is 5.32 Å². The largest absolute Gasteiger partial charge is 0.385 e. The first-order chi connectivity index (χ1) is 8.38. The van der Waals surface area contributed by atoms with E-state index >= 15 is 0 Å². The molecule has 0 bridgehead atoms. The number of nitrogens with one attached hydrogen (secondary N) is 1. The topological polar surface area (TPSA) is 12.0 Å². The quantitative estimate of drug-likeness (QED) is 0.779. The third-order valence-corrected chi connectivity index (χ3v) is 3.81. The summed E-state index contributed by atoms with van der Waals surface area (Å²) in [5.74, 6) is 0.902. The number of hydrogen-bond donors (Lipinski definition) is 1. The summed E-state index contributed by atoms with van der Waals surface area (Å²) in [5, 5.41) is 3.58. The SMILES string of the molecule is CCCc1ccc(NCC2CCCCC2)cc1. The van der Waals surface area contributed by atoms with Gasteiger partial charge in [-0.1, -0.05) is 44.7 Å². The molecule has 0 saturated heterocycles. The fraction of sp³-hybridized carbons (Fsp3) is 0.625. The van der Waals surface area contributed by atoms with Crippen LogP contribution in [0, 0.1) is 5.92 Å². The van der Waals surface area contributed by atoms with Crippen LogP contribution in [0.25, 0.3) is 0 Å². The van der Waals surface area contributed by atoms with E-state index < -0.39 is 0 Å². The zero-order chi connectivity index (χ0) is 11.9. The van der Waals surface area contributed by atoms with Gasteiger partial charge in [-0.25, -0.2) is 0 Å². The molecule has 94 valence electrons. The molecule has 1 aromatic carbocycles. The minimum Gasteiger partial charge on any atom is -0.385 e. The van der Waals surface area contributed by atoms with Crippen LogP contribution in [0.15, 0.2) is 24.3 Å². The van der Waals surface area contributed by atoms with Crippen LogP contribution in [0.2, 0.25) is 0 Å². The van der Waals surface area contributed by atoms with Gasteiger partial charge >= 0.3 is 0 Å². The van der Waals surface area contributed by atoms with Crippen molar-refractivity contribution in [3.8, 4) is 0 Å². The van der Waals surface area contributed by atoms with Crippen molar-refractivity contribution >= 4 is 5.69 Å². The Morgan fingerprint density at radius 2 is 1.76 bits per heavy atom. The lowest BCUT2D eigenvalue weighted by Crippen LogP contribution is -2.17. The molecule has 17 heavy (non-hydrogen) atoms. The second-order valence-corrected chi connectivity index (χ2v) is 5.33. The van der Waals surface area contributed by atoms with Crippen LogP contribution in [0.3, 0.4) is 0 Å². The van der Waals surface area contributed by atoms with Gasteiger partial charge in [0.15, 0.2) is 0 Å². The van der Waals surface area contributed by atoms with Crippen LogP contribution in [0.5, 0.6) is 0 Å². The highest BCUT2D eigenvalue weighted by Gasteiger charge is 2.12. The van der Waals surface area contributed by atoms with Crippen molar-refractivity contribution in [2.24, 2.45) is 5.92 Å². The van der Waals surface area contributed by atoms with Crippen LogP contribution in [-0.2, 0) is 6.42 Å². The van der Waals surface area contributed by atoms with Crippen molar-refractivity contribution in [1.82, 2.24) is 0 Å². The molecule has 0 aliphatic heterocycles. The van der Waals surface area contributed by atoms with Crippen molar-refractivity contribution in [3.05, 3.63) is 29.8 Å². The summed E-state index contributed by atoms with van der Waals surface area (Å²) in [6, 6.07) is 8.97. The molecule has 1 fully saturated rings. The monoisotopic (exact) mass is 231 g/mol. The van der Waals surface area contributed by atoms with Crippen molar-refractivity contribution in [2.45, 2.75) is 51.9 Å². The van der Waals surface area contributed by atoms with E-state index in [0.717, 1.165) is 12.5 Å². The van der Waals surface area contributed by atoms with Gasteiger partial charge in [-0.3, -0.25) is 0 Å². The van der Waals surface area contributed by atoms with E-state index in [0.29, 0.717) is 0 Å². The number of anilines is 1. The standard InChI is InChI=1S/C16H25N/c1-2-6-14-9-11-16(12-10-14)17-13-15-7-4-3-5-8-15/h9-12,15,17H,2-8,13H2,1H3. The third-order valence-electron chi connectivity index (χ3n) is 3.81. The van der Waals surface area contributed by atoms with Crippen molar-refractivity contribution in [1.29, 1.82) is 0 Å². The first-order valence-electron chi connectivity index (χ1n) is 7.21. The molecule has 1 heteroatoms. The maximum Gasteiger partial charge on any atom is 0.0340 e. The van der Waals surface area contributed by atoms with Crippen LogP contribution >= 0.6 is 0 Å². The van der Waals surface area contributed by atoms with E-state index in [1.807, 2.05) is 0 Å². The number of hydrogen-bond acceptors (Lipinski definition) is 1. The number of rotatable bonds is 5. The van der Waals surface area contributed by atoms with Crippen molar-refractivity contribution in [2.75, 3.05) is 11.9 Å². The lowest BCUT2D eigenvalue weighted by molar-refractivity contribution is 0.373. The van der Waals surface area contributed by atoms with Gasteiger partial charge in [0.25, 0.3) is 0 Å². The zero-order valence-corrected chi connectivity index (χ0v) is 11.0. The average molecular weight is 231 g/mol. The molecule has 1 aliphatic carbocycles. The van der Waals surface area contributed by atoms with E-state index in [-0.39, 0.29) is 0 Å². The summed E-state index contributed by atoms with van der Waals surface area (Å²) in [6.45, 7) is 3.39. The Hall–Kier alpha value is -0.980. The van der Waals surface area contributed by atoms with Crippen LogP contribution in [0.4, 0.5) is 5.69 Å². The molecule has 0 heterocycles. The van der Waals surface area contributed by atoms with Gasteiger partial charge in [0.05, 0.1) is 0 Å². The maximum absolute atomic E-state index is 3.58. The molecule has 1 nitrogen and oxygen atoms in total. The highest BCUT2D eigenvalue weighted by molar-refractivity contribution is 5.44. The zero-order valence-electron chi connectivity index (χ0n) is 11.0. The van der Waals surface area contributed by atoms with Gasteiger partial charge in [-0.05, 0) is 42.9 Å². The molecule has 1 aliphatic rings. The predicted octanol–water partition coefficient (Wildman–Crippen LogP) is 4.63. The van der Waals surface area contributed by atoms with Crippen molar-refractivity contribution in [3.63, 3.8) is 0 Å². The summed E-state index contributed by atoms with van der Waals surface area (Å²) >= 11 is 0. The lowest BCUT2D eigenvalue weighted by atomic mass is 9.89. The highest BCUT2D eigenvalue weighted by atomic mass is 14.9. The average Bonchev–Trinajstić information content (AvgIpc) is 2.40. The Labute approximate surface area is 106 Å². The van der Waals surface area contributed by atoms with Gasteiger partial charge in [0, 0.05) is 12.2 Å². The molecule has 1 aromatic rings. The molecular formula is C16H25N. The third kappa shape index (κ3) is 4.07. The Morgan fingerprint density at radius 1 is 1.06 bits per heavy atom. The van der Waals surface area contributed by atoms with Gasteiger partial charge in [0.2, 0.25) is 0 Å². The fourth-order valence-electron chi connectivity index (χ4n) is 2.73. The number of benzene rings is 1. The van der Waals surface area contributed by atoms with Crippen LogP contribution in [0.1, 0.15) is 51.0 Å². The van der Waals surface area contributed by atoms with E-state index in [9.17, 15) is 0 Å². The van der Waals surface area contributed by atoms with E-state index in [1.165, 1.54) is 56.2 Å². The highest BCUT2D eigenvalue weighted by Crippen LogP contribution is 2.24. The van der Waals surface area contributed by atoms with E-state index in [2.05, 4.69) is 36.5 Å². The normalized spacial score (nSPS) is 17.0. The molecule has 0 amide bonds. The molecule has 1 N–H and O–H groups in total. The fourth-order valence-corrected chi connectivity index (χ4v) is 2.73. The minimum absolute atomic E-state index is 0.902. The van der Waals surface area contributed by atoms with Gasteiger partial charge in [0.1, 0.15) is 0 Å². The molecule has 0 radical (unpaired) electrons. The summed E-state index contributed by atoms with van der Waals surface area (Å²) in [5.41, 5.74) is 2.74. The first-order valence-corrected chi connectivity index (χ1v) is 7.21. The first kappa shape index (κ1) is 12.5.